The number of carbonyl (C=O) groups excluding carboxylic acids is 1. The first-order valence-electron chi connectivity index (χ1n) is 9.76. The summed E-state index contributed by atoms with van der Waals surface area (Å²) in [4.78, 5) is 16.5. The molecule has 0 aliphatic carbocycles. The summed E-state index contributed by atoms with van der Waals surface area (Å²) < 4.78 is 14.9. The number of amides is 1. The molecule has 2 aromatic heterocycles. The molecule has 6 nitrogen and oxygen atoms in total. The highest BCUT2D eigenvalue weighted by Crippen LogP contribution is 2.27. The zero-order chi connectivity index (χ0) is 21.5. The van der Waals surface area contributed by atoms with Crippen molar-refractivity contribution in [1.82, 2.24) is 25.1 Å². The lowest BCUT2D eigenvalue weighted by molar-refractivity contribution is -0.118. The average Bonchev–Trinajstić information content (AvgIpc) is 3.24. The van der Waals surface area contributed by atoms with Gasteiger partial charge in [0.1, 0.15) is 5.82 Å². The summed E-state index contributed by atoms with van der Waals surface area (Å²) in [6.07, 6.45) is 4.08. The molecule has 0 fully saturated rings. The van der Waals surface area contributed by atoms with Gasteiger partial charge in [-0.15, -0.1) is 10.2 Å². The van der Waals surface area contributed by atoms with Crippen LogP contribution in [0.15, 0.2) is 84.3 Å². The topological polar surface area (TPSA) is 72.7 Å². The van der Waals surface area contributed by atoms with E-state index in [1.165, 1.54) is 23.9 Å². The minimum atomic E-state index is -0.266. The van der Waals surface area contributed by atoms with Crippen LogP contribution >= 0.6 is 11.8 Å². The molecule has 0 saturated heterocycles. The van der Waals surface area contributed by atoms with Crippen LogP contribution in [0, 0.1) is 5.82 Å². The quantitative estimate of drug-likeness (QED) is 0.427. The largest absolute Gasteiger partial charge is 0.355 e. The van der Waals surface area contributed by atoms with Gasteiger partial charge in [-0.05, 0) is 48.4 Å². The summed E-state index contributed by atoms with van der Waals surface area (Å²) >= 11 is 1.32. The molecule has 2 heterocycles. The first-order valence-corrected chi connectivity index (χ1v) is 10.7. The van der Waals surface area contributed by atoms with Crippen LogP contribution in [0.25, 0.3) is 17.1 Å². The van der Waals surface area contributed by atoms with E-state index in [2.05, 4.69) is 20.5 Å². The molecule has 31 heavy (non-hydrogen) atoms. The van der Waals surface area contributed by atoms with Crippen LogP contribution in [0.2, 0.25) is 0 Å². The number of nitrogens with zero attached hydrogens (tertiary/aromatic N) is 4. The Morgan fingerprint density at radius 2 is 1.81 bits per heavy atom. The van der Waals surface area contributed by atoms with Crippen molar-refractivity contribution in [2.45, 2.75) is 11.6 Å². The van der Waals surface area contributed by atoms with Gasteiger partial charge in [-0.1, -0.05) is 42.1 Å². The molecule has 2 aromatic carbocycles. The Labute approximate surface area is 183 Å². The van der Waals surface area contributed by atoms with Crippen molar-refractivity contribution in [2.75, 3.05) is 12.3 Å². The second kappa shape index (κ2) is 9.99. The van der Waals surface area contributed by atoms with E-state index in [4.69, 9.17) is 0 Å². The van der Waals surface area contributed by atoms with Gasteiger partial charge in [0.05, 0.1) is 5.75 Å². The monoisotopic (exact) mass is 433 g/mol. The Morgan fingerprint density at radius 1 is 1.00 bits per heavy atom. The van der Waals surface area contributed by atoms with Gasteiger partial charge in [0.2, 0.25) is 5.91 Å². The third-order valence-electron chi connectivity index (χ3n) is 4.55. The number of benzene rings is 2. The Kier molecular flexibility index (Phi) is 6.68. The summed E-state index contributed by atoms with van der Waals surface area (Å²) in [5, 5.41) is 12.2. The third-order valence-corrected chi connectivity index (χ3v) is 5.48. The highest BCUT2D eigenvalue weighted by molar-refractivity contribution is 7.99. The lowest BCUT2D eigenvalue weighted by Gasteiger charge is -2.10. The Hall–Kier alpha value is -3.52. The summed E-state index contributed by atoms with van der Waals surface area (Å²) in [6.45, 7) is 0.483. The van der Waals surface area contributed by atoms with Crippen LogP contribution in [0.5, 0.6) is 0 Å². The fourth-order valence-electron chi connectivity index (χ4n) is 3.03. The predicted molar refractivity (Wildman–Crippen MR) is 118 cm³/mol. The van der Waals surface area contributed by atoms with E-state index < -0.39 is 0 Å². The molecule has 1 N–H and O–H groups in total. The molecule has 156 valence electrons. The van der Waals surface area contributed by atoms with Crippen molar-refractivity contribution in [2.24, 2.45) is 0 Å². The zero-order valence-electron chi connectivity index (χ0n) is 16.6. The number of carbonyl (C=O) groups is 1. The second-order valence-electron chi connectivity index (χ2n) is 6.73. The minimum Gasteiger partial charge on any atom is -0.355 e. The van der Waals surface area contributed by atoms with Gasteiger partial charge in [0, 0.05) is 30.2 Å². The molecule has 0 aliphatic heterocycles. The van der Waals surface area contributed by atoms with E-state index in [9.17, 15) is 9.18 Å². The highest BCUT2D eigenvalue weighted by Gasteiger charge is 2.17. The van der Waals surface area contributed by atoms with Gasteiger partial charge in [-0.2, -0.15) is 0 Å². The third kappa shape index (κ3) is 5.35. The minimum absolute atomic E-state index is 0.0994. The van der Waals surface area contributed by atoms with Crippen molar-refractivity contribution in [3.8, 4) is 17.1 Å². The summed E-state index contributed by atoms with van der Waals surface area (Å²) in [5.74, 6) is 0.509. The van der Waals surface area contributed by atoms with Crippen molar-refractivity contribution >= 4 is 17.7 Å². The van der Waals surface area contributed by atoms with E-state index in [0.717, 1.165) is 16.8 Å². The lowest BCUT2D eigenvalue weighted by Crippen LogP contribution is -2.27. The summed E-state index contributed by atoms with van der Waals surface area (Å²) in [6, 6.07) is 19.8. The molecular weight excluding hydrogens is 413 g/mol. The molecule has 0 bridgehead atoms. The molecule has 0 aliphatic rings. The fourth-order valence-corrected chi connectivity index (χ4v) is 3.82. The normalized spacial score (nSPS) is 10.7. The summed E-state index contributed by atoms with van der Waals surface area (Å²) in [5.41, 5.74) is 2.72. The number of aromatic nitrogens is 4. The molecule has 0 radical (unpaired) electrons. The molecular formula is C23H20FN5OS. The molecule has 1 amide bonds. The highest BCUT2D eigenvalue weighted by atomic mass is 32.2. The Balaban J connectivity index is 1.43. The molecule has 8 heteroatoms. The van der Waals surface area contributed by atoms with Gasteiger partial charge < -0.3 is 5.32 Å². The molecule has 0 spiro atoms. The van der Waals surface area contributed by atoms with Crippen molar-refractivity contribution < 1.29 is 9.18 Å². The first kappa shape index (κ1) is 20.7. The van der Waals surface area contributed by atoms with Crippen LogP contribution in [0.1, 0.15) is 5.56 Å². The smallest absolute Gasteiger partial charge is 0.230 e. The number of para-hydroxylation sites is 1. The average molecular weight is 434 g/mol. The molecule has 4 aromatic rings. The van der Waals surface area contributed by atoms with Crippen LogP contribution in [0.3, 0.4) is 0 Å². The van der Waals surface area contributed by atoms with E-state index in [-0.39, 0.29) is 17.5 Å². The van der Waals surface area contributed by atoms with Crippen LogP contribution < -0.4 is 5.32 Å². The SMILES string of the molecule is O=C(CSc1nnc(-c2cccnc2)n1-c1ccccc1)NCCc1ccc(F)cc1. The van der Waals surface area contributed by atoms with Gasteiger partial charge in [0.15, 0.2) is 11.0 Å². The van der Waals surface area contributed by atoms with E-state index in [1.807, 2.05) is 47.0 Å². The Bertz CT molecular complexity index is 1130. The second-order valence-corrected chi connectivity index (χ2v) is 7.68. The van der Waals surface area contributed by atoms with Gasteiger partial charge in [-0.3, -0.25) is 14.3 Å². The first-order chi connectivity index (χ1) is 15.2. The zero-order valence-corrected chi connectivity index (χ0v) is 17.4. The maximum Gasteiger partial charge on any atom is 0.230 e. The van der Waals surface area contributed by atoms with E-state index in [0.29, 0.717) is 23.9 Å². The number of nitrogens with one attached hydrogen (secondary N) is 1. The van der Waals surface area contributed by atoms with E-state index >= 15 is 0 Å². The van der Waals surface area contributed by atoms with Crippen molar-refractivity contribution in [3.63, 3.8) is 0 Å². The van der Waals surface area contributed by atoms with Gasteiger partial charge in [-0.25, -0.2) is 4.39 Å². The maximum atomic E-state index is 13.0. The number of halogens is 1. The standard InChI is InChI=1S/C23H20FN5OS/c24-19-10-8-17(9-11-19)12-14-26-21(30)16-31-23-28-27-22(18-5-4-13-25-15-18)29(23)20-6-2-1-3-7-20/h1-11,13,15H,12,14,16H2,(H,26,30). The molecule has 4 rings (SSSR count). The van der Waals surface area contributed by atoms with Crippen LogP contribution in [-0.2, 0) is 11.2 Å². The number of hydrogen-bond donors (Lipinski definition) is 1. The van der Waals surface area contributed by atoms with Crippen LogP contribution in [-0.4, -0.2) is 38.0 Å². The number of thioether (sulfide) groups is 1. The number of hydrogen-bond acceptors (Lipinski definition) is 5. The molecule has 0 saturated carbocycles. The van der Waals surface area contributed by atoms with E-state index in [1.54, 1.807) is 24.5 Å². The fraction of sp³-hybridized carbons (Fsp3) is 0.130. The van der Waals surface area contributed by atoms with Crippen molar-refractivity contribution in [1.29, 1.82) is 0 Å². The predicted octanol–water partition coefficient (Wildman–Crippen LogP) is 3.92. The molecule has 0 unspecified atom stereocenters. The Morgan fingerprint density at radius 3 is 2.55 bits per heavy atom. The van der Waals surface area contributed by atoms with Gasteiger partial charge >= 0.3 is 0 Å². The maximum absolute atomic E-state index is 13.0. The number of pyridine rings is 1. The molecule has 0 atom stereocenters. The number of rotatable bonds is 8. The van der Waals surface area contributed by atoms with Crippen molar-refractivity contribution in [3.05, 3.63) is 90.5 Å². The van der Waals surface area contributed by atoms with Gasteiger partial charge in [0.25, 0.3) is 0 Å². The summed E-state index contributed by atoms with van der Waals surface area (Å²) in [7, 11) is 0. The lowest BCUT2D eigenvalue weighted by atomic mass is 10.1. The van der Waals surface area contributed by atoms with Crippen LogP contribution in [0.4, 0.5) is 4.39 Å².